The smallest absolute Gasteiger partial charge is 0.224 e. The molecular formula is C15H19N3O2. The Morgan fingerprint density at radius 3 is 2.55 bits per heavy atom. The van der Waals surface area contributed by atoms with Crippen molar-refractivity contribution in [1.29, 1.82) is 0 Å². The summed E-state index contributed by atoms with van der Waals surface area (Å²) in [6, 6.07) is 9.15. The van der Waals surface area contributed by atoms with E-state index in [4.69, 9.17) is 15.6 Å². The molecule has 0 spiro atoms. The van der Waals surface area contributed by atoms with Crippen LogP contribution in [0.1, 0.15) is 24.7 Å². The van der Waals surface area contributed by atoms with Crippen molar-refractivity contribution in [3.63, 3.8) is 0 Å². The van der Waals surface area contributed by atoms with Crippen molar-refractivity contribution < 1.29 is 9.84 Å². The summed E-state index contributed by atoms with van der Waals surface area (Å²) >= 11 is 0. The highest BCUT2D eigenvalue weighted by molar-refractivity contribution is 5.36. The molecule has 0 fully saturated rings. The number of benzene rings is 1. The lowest BCUT2D eigenvalue weighted by Crippen LogP contribution is -2.01. The van der Waals surface area contributed by atoms with Gasteiger partial charge in [-0.2, -0.15) is 4.98 Å². The van der Waals surface area contributed by atoms with E-state index >= 15 is 0 Å². The number of rotatable bonds is 6. The molecule has 0 aliphatic carbocycles. The summed E-state index contributed by atoms with van der Waals surface area (Å²) in [5.41, 5.74) is 6.81. The number of aliphatic hydroxyl groups is 1. The van der Waals surface area contributed by atoms with Gasteiger partial charge in [0, 0.05) is 19.1 Å². The highest BCUT2D eigenvalue weighted by atomic mass is 16.5. The first kappa shape index (κ1) is 14.3. The maximum Gasteiger partial charge on any atom is 0.224 e. The van der Waals surface area contributed by atoms with Crippen LogP contribution in [0, 0.1) is 0 Å². The predicted molar refractivity (Wildman–Crippen MR) is 77.7 cm³/mol. The summed E-state index contributed by atoms with van der Waals surface area (Å²) in [5.74, 6) is 2.25. The molecule has 0 unspecified atom stereocenters. The normalized spacial score (nSPS) is 10.5. The van der Waals surface area contributed by atoms with E-state index in [2.05, 4.69) is 16.9 Å². The number of nitrogens with zero attached hydrogens (tertiary/aromatic N) is 2. The summed E-state index contributed by atoms with van der Waals surface area (Å²) in [6.07, 6.45) is 2.37. The Morgan fingerprint density at radius 1 is 1.15 bits per heavy atom. The third-order valence-electron chi connectivity index (χ3n) is 2.79. The highest BCUT2D eigenvalue weighted by Gasteiger charge is 2.04. The van der Waals surface area contributed by atoms with E-state index in [9.17, 15) is 0 Å². The first-order valence-electron chi connectivity index (χ1n) is 6.72. The van der Waals surface area contributed by atoms with E-state index in [0.29, 0.717) is 29.7 Å². The van der Waals surface area contributed by atoms with E-state index in [1.165, 1.54) is 0 Å². The van der Waals surface area contributed by atoms with Gasteiger partial charge in [-0.05, 0) is 30.5 Å². The highest BCUT2D eigenvalue weighted by Crippen LogP contribution is 2.21. The number of nitrogens with two attached hydrogens (primary N) is 1. The molecule has 20 heavy (non-hydrogen) atoms. The minimum atomic E-state index is 0.142. The SMILES string of the molecule is CCCc1nc(N)cc(Oc2ccc(CCO)cc2)n1. The molecule has 106 valence electrons. The largest absolute Gasteiger partial charge is 0.439 e. The zero-order valence-corrected chi connectivity index (χ0v) is 11.5. The van der Waals surface area contributed by atoms with Gasteiger partial charge in [0.05, 0.1) is 0 Å². The predicted octanol–water partition coefficient (Wildman–Crippen LogP) is 2.34. The number of hydrogen-bond acceptors (Lipinski definition) is 5. The first-order valence-corrected chi connectivity index (χ1v) is 6.72. The first-order chi connectivity index (χ1) is 9.71. The van der Waals surface area contributed by atoms with Gasteiger partial charge in [0.1, 0.15) is 17.4 Å². The Balaban J connectivity index is 2.12. The van der Waals surface area contributed by atoms with Crippen molar-refractivity contribution in [2.75, 3.05) is 12.3 Å². The molecule has 5 nitrogen and oxygen atoms in total. The zero-order chi connectivity index (χ0) is 14.4. The second kappa shape index (κ2) is 6.86. The van der Waals surface area contributed by atoms with E-state index in [1.54, 1.807) is 6.07 Å². The zero-order valence-electron chi connectivity index (χ0n) is 11.5. The summed E-state index contributed by atoms with van der Waals surface area (Å²) in [7, 11) is 0. The third-order valence-corrected chi connectivity index (χ3v) is 2.79. The van der Waals surface area contributed by atoms with Gasteiger partial charge in [0.25, 0.3) is 0 Å². The van der Waals surface area contributed by atoms with Crippen LogP contribution < -0.4 is 10.5 Å². The van der Waals surface area contributed by atoms with Gasteiger partial charge in [-0.3, -0.25) is 0 Å². The topological polar surface area (TPSA) is 81.3 Å². The van der Waals surface area contributed by atoms with Crippen molar-refractivity contribution >= 4 is 5.82 Å². The van der Waals surface area contributed by atoms with Crippen molar-refractivity contribution in [2.24, 2.45) is 0 Å². The molecule has 1 heterocycles. The second-order valence-electron chi connectivity index (χ2n) is 4.52. The lowest BCUT2D eigenvalue weighted by molar-refractivity contribution is 0.299. The Hall–Kier alpha value is -2.14. The van der Waals surface area contributed by atoms with Crippen molar-refractivity contribution in [1.82, 2.24) is 9.97 Å². The summed E-state index contributed by atoms with van der Waals surface area (Å²) in [5, 5.41) is 8.87. The molecule has 1 aromatic heterocycles. The van der Waals surface area contributed by atoms with Gasteiger partial charge in [0.15, 0.2) is 0 Å². The summed E-state index contributed by atoms with van der Waals surface area (Å²) in [6.45, 7) is 2.20. The molecular weight excluding hydrogens is 254 g/mol. The van der Waals surface area contributed by atoms with Gasteiger partial charge in [-0.15, -0.1) is 0 Å². The molecule has 2 aromatic rings. The summed E-state index contributed by atoms with van der Waals surface area (Å²) < 4.78 is 5.69. The number of nitrogen functional groups attached to an aromatic ring is 1. The molecule has 0 bridgehead atoms. The number of aliphatic hydroxyl groups excluding tert-OH is 1. The molecule has 0 radical (unpaired) electrons. The van der Waals surface area contributed by atoms with Gasteiger partial charge in [0.2, 0.25) is 5.88 Å². The number of anilines is 1. The molecule has 2 rings (SSSR count). The fourth-order valence-corrected chi connectivity index (χ4v) is 1.85. The second-order valence-corrected chi connectivity index (χ2v) is 4.52. The van der Waals surface area contributed by atoms with E-state index in [1.807, 2.05) is 24.3 Å². The van der Waals surface area contributed by atoms with Gasteiger partial charge in [-0.1, -0.05) is 19.1 Å². The van der Waals surface area contributed by atoms with Crippen LogP contribution in [0.5, 0.6) is 11.6 Å². The Bertz CT molecular complexity index is 556. The molecule has 0 amide bonds. The van der Waals surface area contributed by atoms with E-state index in [0.717, 1.165) is 18.4 Å². The Morgan fingerprint density at radius 2 is 1.90 bits per heavy atom. The Kier molecular flexibility index (Phi) is 4.90. The van der Waals surface area contributed by atoms with Crippen LogP contribution in [-0.2, 0) is 12.8 Å². The van der Waals surface area contributed by atoms with Crippen LogP contribution in [0.2, 0.25) is 0 Å². The molecule has 5 heteroatoms. The quantitative estimate of drug-likeness (QED) is 0.844. The molecule has 0 atom stereocenters. The minimum Gasteiger partial charge on any atom is -0.439 e. The van der Waals surface area contributed by atoms with Crippen LogP contribution in [0.3, 0.4) is 0 Å². The van der Waals surface area contributed by atoms with E-state index in [-0.39, 0.29) is 6.61 Å². The third kappa shape index (κ3) is 3.93. The average Bonchev–Trinajstić information content (AvgIpc) is 2.41. The monoisotopic (exact) mass is 273 g/mol. The number of hydrogen-bond donors (Lipinski definition) is 2. The van der Waals surface area contributed by atoms with E-state index < -0.39 is 0 Å². The number of ether oxygens (including phenoxy) is 1. The van der Waals surface area contributed by atoms with Crippen LogP contribution in [0.25, 0.3) is 0 Å². The van der Waals surface area contributed by atoms with Gasteiger partial charge >= 0.3 is 0 Å². The molecule has 0 saturated carbocycles. The number of aryl methyl sites for hydroxylation is 1. The van der Waals surface area contributed by atoms with Gasteiger partial charge < -0.3 is 15.6 Å². The summed E-state index contributed by atoms with van der Waals surface area (Å²) in [4.78, 5) is 8.49. The minimum absolute atomic E-state index is 0.142. The fraction of sp³-hybridized carbons (Fsp3) is 0.333. The lowest BCUT2D eigenvalue weighted by Gasteiger charge is -2.08. The molecule has 0 aliphatic rings. The Labute approximate surface area is 118 Å². The fourth-order valence-electron chi connectivity index (χ4n) is 1.85. The van der Waals surface area contributed by atoms with Crippen LogP contribution >= 0.6 is 0 Å². The van der Waals surface area contributed by atoms with Crippen molar-refractivity contribution in [3.8, 4) is 11.6 Å². The lowest BCUT2D eigenvalue weighted by atomic mass is 10.1. The molecule has 0 aliphatic heterocycles. The molecule has 1 aromatic carbocycles. The standard InChI is InChI=1S/C15H19N3O2/c1-2-3-14-17-13(16)10-15(18-14)20-12-6-4-11(5-7-12)8-9-19/h4-7,10,19H,2-3,8-9H2,1H3,(H2,16,17,18). The van der Waals surface area contributed by atoms with Crippen LogP contribution in [0.4, 0.5) is 5.82 Å². The average molecular weight is 273 g/mol. The van der Waals surface area contributed by atoms with Crippen molar-refractivity contribution in [3.05, 3.63) is 41.7 Å². The number of aromatic nitrogens is 2. The van der Waals surface area contributed by atoms with Crippen LogP contribution in [0.15, 0.2) is 30.3 Å². The molecule has 3 N–H and O–H groups in total. The van der Waals surface area contributed by atoms with Gasteiger partial charge in [-0.25, -0.2) is 4.98 Å². The molecule has 0 saturated heterocycles. The maximum atomic E-state index is 8.87. The maximum absolute atomic E-state index is 8.87. The van der Waals surface area contributed by atoms with Crippen LogP contribution in [-0.4, -0.2) is 21.7 Å². The van der Waals surface area contributed by atoms with Crippen molar-refractivity contribution in [2.45, 2.75) is 26.2 Å².